The number of benzene rings is 1. The Kier molecular flexibility index (Phi) is 9.59. The highest BCUT2D eigenvalue weighted by atomic mass is 79.9. The third-order valence-electron chi connectivity index (χ3n) is 4.15. The number of hydrogen-bond acceptors (Lipinski definition) is 3. The van der Waals surface area contributed by atoms with E-state index in [-0.39, 0.29) is 23.7 Å². The van der Waals surface area contributed by atoms with E-state index in [1.165, 1.54) is 4.90 Å². The maximum absolute atomic E-state index is 11.9. The number of piperidine rings is 1. The van der Waals surface area contributed by atoms with Crippen LogP contribution in [0.3, 0.4) is 0 Å². The predicted molar refractivity (Wildman–Crippen MR) is 105 cm³/mol. The average Bonchev–Trinajstić information content (AvgIpc) is 2.52. The summed E-state index contributed by atoms with van der Waals surface area (Å²) in [5, 5.41) is 6.49. The van der Waals surface area contributed by atoms with E-state index in [0.717, 1.165) is 49.1 Å². The van der Waals surface area contributed by atoms with Gasteiger partial charge < -0.3 is 10.6 Å². The number of hydrogen-bond donors (Lipinski definition) is 2. The molecule has 3 nitrogen and oxygen atoms in total. The summed E-state index contributed by atoms with van der Waals surface area (Å²) in [4.78, 5) is 13.2. The van der Waals surface area contributed by atoms with Gasteiger partial charge in [0.1, 0.15) is 0 Å². The van der Waals surface area contributed by atoms with Crippen LogP contribution in [-0.4, -0.2) is 31.3 Å². The lowest BCUT2D eigenvalue weighted by Gasteiger charge is -2.34. The van der Waals surface area contributed by atoms with Gasteiger partial charge in [0.2, 0.25) is 5.91 Å². The van der Waals surface area contributed by atoms with Gasteiger partial charge >= 0.3 is 0 Å². The van der Waals surface area contributed by atoms with E-state index in [2.05, 4.69) is 57.8 Å². The van der Waals surface area contributed by atoms with Crippen molar-refractivity contribution >= 4 is 46.0 Å². The number of halogens is 2. The van der Waals surface area contributed by atoms with Crippen LogP contribution in [0.1, 0.15) is 32.6 Å². The van der Waals surface area contributed by atoms with Gasteiger partial charge in [0, 0.05) is 22.3 Å². The molecule has 0 radical (unpaired) electrons. The Morgan fingerprint density at radius 2 is 1.96 bits per heavy atom. The van der Waals surface area contributed by atoms with Crippen molar-refractivity contribution in [2.24, 2.45) is 5.41 Å². The Hall–Kier alpha value is -0.230. The van der Waals surface area contributed by atoms with Gasteiger partial charge in [0.15, 0.2) is 0 Å². The SMILES string of the molecule is CC1(CNC(=O)CCCSc2ccc(Br)cc2)CCNCC1.Cl. The number of carbonyl (C=O) groups is 1. The van der Waals surface area contributed by atoms with Crippen LogP contribution in [-0.2, 0) is 4.79 Å². The molecule has 1 aromatic rings. The lowest BCUT2D eigenvalue weighted by Crippen LogP contribution is -2.42. The molecule has 1 saturated heterocycles. The predicted octanol–water partition coefficient (Wildman–Crippen LogP) is 4.25. The second-order valence-corrected chi connectivity index (χ2v) is 8.33. The van der Waals surface area contributed by atoms with Crippen LogP contribution in [0.15, 0.2) is 33.6 Å². The van der Waals surface area contributed by atoms with Crippen LogP contribution in [0, 0.1) is 5.41 Å². The quantitative estimate of drug-likeness (QED) is 0.511. The summed E-state index contributed by atoms with van der Waals surface area (Å²) in [6.07, 6.45) is 3.84. The summed E-state index contributed by atoms with van der Waals surface area (Å²) in [6, 6.07) is 8.31. The van der Waals surface area contributed by atoms with Crippen LogP contribution in [0.2, 0.25) is 0 Å². The second-order valence-electron chi connectivity index (χ2n) is 6.24. The topological polar surface area (TPSA) is 41.1 Å². The van der Waals surface area contributed by atoms with Gasteiger partial charge in [-0.15, -0.1) is 24.2 Å². The molecule has 130 valence electrons. The summed E-state index contributed by atoms with van der Waals surface area (Å²) in [5.41, 5.74) is 0.271. The van der Waals surface area contributed by atoms with E-state index in [1.54, 1.807) is 0 Å². The molecular formula is C17H26BrClN2OS. The summed E-state index contributed by atoms with van der Waals surface area (Å²) < 4.78 is 1.10. The number of rotatable bonds is 7. The van der Waals surface area contributed by atoms with Crippen molar-refractivity contribution in [2.75, 3.05) is 25.4 Å². The van der Waals surface area contributed by atoms with E-state index in [9.17, 15) is 4.79 Å². The molecule has 0 aromatic heterocycles. The van der Waals surface area contributed by atoms with Crippen LogP contribution in [0.5, 0.6) is 0 Å². The van der Waals surface area contributed by atoms with Gasteiger partial charge in [-0.25, -0.2) is 0 Å². The molecule has 23 heavy (non-hydrogen) atoms. The van der Waals surface area contributed by atoms with E-state index in [1.807, 2.05) is 11.8 Å². The first-order valence-electron chi connectivity index (χ1n) is 7.93. The Morgan fingerprint density at radius 1 is 1.30 bits per heavy atom. The lowest BCUT2D eigenvalue weighted by molar-refractivity contribution is -0.121. The molecule has 1 aliphatic heterocycles. The highest BCUT2D eigenvalue weighted by Gasteiger charge is 2.26. The summed E-state index contributed by atoms with van der Waals surface area (Å²) in [6.45, 7) is 5.22. The summed E-state index contributed by atoms with van der Waals surface area (Å²) in [5.74, 6) is 1.17. The van der Waals surface area contributed by atoms with Crippen LogP contribution < -0.4 is 10.6 Å². The minimum atomic E-state index is 0. The van der Waals surface area contributed by atoms with Crippen molar-refractivity contribution in [3.05, 3.63) is 28.7 Å². The summed E-state index contributed by atoms with van der Waals surface area (Å²) >= 11 is 5.24. The fourth-order valence-corrected chi connectivity index (χ4v) is 3.68. The van der Waals surface area contributed by atoms with Gasteiger partial charge in [-0.05, 0) is 67.8 Å². The molecule has 1 aliphatic rings. The van der Waals surface area contributed by atoms with Crippen molar-refractivity contribution in [1.82, 2.24) is 10.6 Å². The standard InChI is InChI=1S/C17H25BrN2OS.ClH/c1-17(8-10-19-11-9-17)13-20-16(21)3-2-12-22-15-6-4-14(18)5-7-15;/h4-7,19H,2-3,8-13H2,1H3,(H,20,21);1H. The molecule has 0 spiro atoms. The van der Waals surface area contributed by atoms with E-state index in [0.29, 0.717) is 6.42 Å². The Morgan fingerprint density at radius 3 is 2.61 bits per heavy atom. The van der Waals surface area contributed by atoms with Gasteiger partial charge in [-0.3, -0.25) is 4.79 Å². The zero-order valence-electron chi connectivity index (χ0n) is 13.6. The van der Waals surface area contributed by atoms with Crippen molar-refractivity contribution in [2.45, 2.75) is 37.5 Å². The van der Waals surface area contributed by atoms with Crippen LogP contribution in [0.4, 0.5) is 0 Å². The van der Waals surface area contributed by atoms with Crippen molar-refractivity contribution in [1.29, 1.82) is 0 Å². The minimum absolute atomic E-state index is 0. The minimum Gasteiger partial charge on any atom is -0.356 e. The highest BCUT2D eigenvalue weighted by molar-refractivity contribution is 9.10. The highest BCUT2D eigenvalue weighted by Crippen LogP contribution is 2.26. The van der Waals surface area contributed by atoms with Crippen molar-refractivity contribution in [3.8, 4) is 0 Å². The van der Waals surface area contributed by atoms with Gasteiger partial charge in [0.05, 0.1) is 0 Å². The average molecular weight is 422 g/mol. The van der Waals surface area contributed by atoms with E-state index >= 15 is 0 Å². The molecule has 2 rings (SSSR count). The molecule has 1 amide bonds. The fraction of sp³-hybridized carbons (Fsp3) is 0.588. The fourth-order valence-electron chi connectivity index (χ4n) is 2.56. The molecule has 2 N–H and O–H groups in total. The third-order valence-corrected chi connectivity index (χ3v) is 5.78. The maximum Gasteiger partial charge on any atom is 0.220 e. The first kappa shape index (κ1) is 20.8. The number of carbonyl (C=O) groups excluding carboxylic acids is 1. The molecule has 0 unspecified atom stereocenters. The summed E-state index contributed by atoms with van der Waals surface area (Å²) in [7, 11) is 0. The number of thioether (sulfide) groups is 1. The zero-order valence-corrected chi connectivity index (χ0v) is 16.8. The van der Waals surface area contributed by atoms with E-state index < -0.39 is 0 Å². The third kappa shape index (κ3) is 7.92. The molecule has 1 fully saturated rings. The largest absolute Gasteiger partial charge is 0.356 e. The molecule has 1 heterocycles. The van der Waals surface area contributed by atoms with E-state index in [4.69, 9.17) is 0 Å². The van der Waals surface area contributed by atoms with Crippen molar-refractivity contribution in [3.63, 3.8) is 0 Å². The Bertz CT molecular complexity index is 478. The Labute approximate surface area is 158 Å². The smallest absolute Gasteiger partial charge is 0.220 e. The molecule has 1 aromatic carbocycles. The molecule has 0 bridgehead atoms. The molecule has 0 saturated carbocycles. The number of amides is 1. The lowest BCUT2D eigenvalue weighted by atomic mass is 9.81. The molecular weight excluding hydrogens is 396 g/mol. The first-order chi connectivity index (χ1) is 10.6. The second kappa shape index (κ2) is 10.6. The first-order valence-corrected chi connectivity index (χ1v) is 9.71. The number of nitrogens with one attached hydrogen (secondary N) is 2. The monoisotopic (exact) mass is 420 g/mol. The molecule has 6 heteroatoms. The molecule has 0 aliphatic carbocycles. The zero-order chi connectivity index (χ0) is 15.8. The molecule has 0 atom stereocenters. The maximum atomic E-state index is 11.9. The van der Waals surface area contributed by atoms with Crippen LogP contribution in [0.25, 0.3) is 0 Å². The Balaban J connectivity index is 0.00000264. The van der Waals surface area contributed by atoms with Gasteiger partial charge in [0.25, 0.3) is 0 Å². The van der Waals surface area contributed by atoms with Crippen molar-refractivity contribution < 1.29 is 4.79 Å². The van der Waals surface area contributed by atoms with Crippen LogP contribution >= 0.6 is 40.1 Å². The van der Waals surface area contributed by atoms with Gasteiger partial charge in [-0.2, -0.15) is 0 Å². The van der Waals surface area contributed by atoms with Gasteiger partial charge in [-0.1, -0.05) is 22.9 Å². The normalized spacial score (nSPS) is 16.4.